The Morgan fingerprint density at radius 2 is 1.95 bits per heavy atom. The van der Waals surface area contributed by atoms with E-state index < -0.39 is 0 Å². The second-order valence-electron chi connectivity index (χ2n) is 6.02. The summed E-state index contributed by atoms with van der Waals surface area (Å²) in [7, 11) is 0. The summed E-state index contributed by atoms with van der Waals surface area (Å²) in [5.74, 6) is 5.24. The number of hydrazine groups is 1. The van der Waals surface area contributed by atoms with Gasteiger partial charge in [0, 0.05) is 0 Å². The number of likely N-dealkylation sites (tertiary alicyclic amines) is 1. The van der Waals surface area contributed by atoms with E-state index in [-0.39, 0.29) is 11.9 Å². The average Bonchev–Trinajstić information content (AvgIpc) is 2.50. The van der Waals surface area contributed by atoms with Crippen LogP contribution in [0.1, 0.15) is 44.7 Å². The third-order valence-electron chi connectivity index (χ3n) is 4.73. The maximum atomic E-state index is 12.2. The monoisotopic (exact) mass is 275 g/mol. The Bertz CT molecular complexity index is 438. The Hall–Kier alpha value is -1.39. The number of carbonyl (C=O) groups excluding carboxylic acids is 1. The van der Waals surface area contributed by atoms with Gasteiger partial charge in [0.1, 0.15) is 6.04 Å². The van der Waals surface area contributed by atoms with Crippen molar-refractivity contribution in [2.24, 2.45) is 11.3 Å². The van der Waals surface area contributed by atoms with Crippen LogP contribution in [0.5, 0.6) is 0 Å². The number of benzene rings is 1. The van der Waals surface area contributed by atoms with Gasteiger partial charge in [-0.3, -0.25) is 15.1 Å². The molecule has 0 spiro atoms. The lowest BCUT2D eigenvalue weighted by molar-refractivity contribution is -0.127. The van der Waals surface area contributed by atoms with Crippen LogP contribution in [0.3, 0.4) is 0 Å². The number of hydrogen-bond donors (Lipinski definition) is 2. The highest BCUT2D eigenvalue weighted by atomic mass is 16.2. The summed E-state index contributed by atoms with van der Waals surface area (Å²) in [6, 6.07) is 9.60. The van der Waals surface area contributed by atoms with Crippen molar-refractivity contribution in [2.45, 2.75) is 39.2 Å². The lowest BCUT2D eigenvalue weighted by Gasteiger charge is -2.41. The van der Waals surface area contributed by atoms with Gasteiger partial charge in [-0.25, -0.2) is 5.84 Å². The van der Waals surface area contributed by atoms with E-state index in [4.69, 9.17) is 5.84 Å². The molecule has 0 aromatic heterocycles. The van der Waals surface area contributed by atoms with Crippen LogP contribution in [0.4, 0.5) is 0 Å². The number of hydrogen-bond acceptors (Lipinski definition) is 3. The van der Waals surface area contributed by atoms with Crippen molar-refractivity contribution >= 4 is 5.91 Å². The SMILES string of the molecule is CCC1(C)CCN(C(C(=O)NN)c2ccccc2)CC1. The molecule has 2 rings (SSSR count). The Kier molecular flexibility index (Phi) is 4.78. The van der Waals surface area contributed by atoms with Gasteiger partial charge in [-0.1, -0.05) is 50.6 Å². The number of carbonyl (C=O) groups is 1. The van der Waals surface area contributed by atoms with Gasteiger partial charge in [-0.15, -0.1) is 0 Å². The highest BCUT2D eigenvalue weighted by Crippen LogP contribution is 2.36. The standard InChI is InChI=1S/C16H25N3O/c1-3-16(2)9-11-19(12-10-16)14(15(20)18-17)13-7-5-4-6-8-13/h4-8,14H,3,9-12,17H2,1-2H3,(H,18,20). The fourth-order valence-electron chi connectivity index (χ4n) is 2.92. The number of rotatable bonds is 4. The van der Waals surface area contributed by atoms with Crippen LogP contribution in [0.2, 0.25) is 0 Å². The number of nitrogens with one attached hydrogen (secondary N) is 1. The molecule has 1 atom stereocenters. The van der Waals surface area contributed by atoms with Crippen molar-refractivity contribution in [1.82, 2.24) is 10.3 Å². The maximum Gasteiger partial charge on any atom is 0.255 e. The molecule has 1 unspecified atom stereocenters. The number of nitrogens with two attached hydrogens (primary N) is 1. The molecule has 1 heterocycles. The van der Waals surface area contributed by atoms with Gasteiger partial charge in [0.05, 0.1) is 0 Å². The summed E-state index contributed by atoms with van der Waals surface area (Å²) < 4.78 is 0. The first-order valence-corrected chi connectivity index (χ1v) is 7.39. The van der Waals surface area contributed by atoms with Gasteiger partial charge < -0.3 is 0 Å². The molecule has 0 bridgehead atoms. The van der Waals surface area contributed by atoms with E-state index in [1.807, 2.05) is 30.3 Å². The largest absolute Gasteiger partial charge is 0.293 e. The van der Waals surface area contributed by atoms with E-state index in [1.54, 1.807) is 0 Å². The van der Waals surface area contributed by atoms with Crippen LogP contribution in [0.15, 0.2) is 30.3 Å². The molecule has 0 aliphatic carbocycles. The maximum absolute atomic E-state index is 12.2. The van der Waals surface area contributed by atoms with Gasteiger partial charge in [-0.2, -0.15) is 0 Å². The van der Waals surface area contributed by atoms with Crippen molar-refractivity contribution in [3.8, 4) is 0 Å². The highest BCUT2D eigenvalue weighted by Gasteiger charge is 2.34. The molecule has 110 valence electrons. The lowest BCUT2D eigenvalue weighted by atomic mass is 9.77. The molecule has 1 fully saturated rings. The molecule has 4 heteroatoms. The van der Waals surface area contributed by atoms with Gasteiger partial charge >= 0.3 is 0 Å². The third-order valence-corrected chi connectivity index (χ3v) is 4.73. The van der Waals surface area contributed by atoms with E-state index >= 15 is 0 Å². The first kappa shape index (κ1) is 15.0. The fraction of sp³-hybridized carbons (Fsp3) is 0.562. The van der Waals surface area contributed by atoms with Gasteiger partial charge in [0.15, 0.2) is 0 Å². The molecule has 1 amide bonds. The van der Waals surface area contributed by atoms with E-state index in [0.29, 0.717) is 5.41 Å². The molecule has 4 nitrogen and oxygen atoms in total. The van der Waals surface area contributed by atoms with Crippen LogP contribution in [-0.2, 0) is 4.79 Å². The first-order chi connectivity index (χ1) is 9.59. The van der Waals surface area contributed by atoms with Gasteiger partial charge in [0.2, 0.25) is 0 Å². The number of amides is 1. The quantitative estimate of drug-likeness (QED) is 0.503. The minimum Gasteiger partial charge on any atom is -0.293 e. The molecule has 1 saturated heterocycles. The summed E-state index contributed by atoms with van der Waals surface area (Å²) >= 11 is 0. The van der Waals surface area contributed by atoms with Crippen LogP contribution >= 0.6 is 0 Å². The van der Waals surface area contributed by atoms with E-state index in [9.17, 15) is 4.79 Å². The zero-order chi connectivity index (χ0) is 14.6. The van der Waals surface area contributed by atoms with Crippen molar-refractivity contribution < 1.29 is 4.79 Å². The molecule has 1 aliphatic heterocycles. The lowest BCUT2D eigenvalue weighted by Crippen LogP contribution is -2.47. The third kappa shape index (κ3) is 3.19. The minimum absolute atomic E-state index is 0.128. The zero-order valence-corrected chi connectivity index (χ0v) is 12.4. The number of piperidine rings is 1. The summed E-state index contributed by atoms with van der Waals surface area (Å²) in [5.41, 5.74) is 3.74. The van der Waals surface area contributed by atoms with Crippen molar-refractivity contribution in [3.63, 3.8) is 0 Å². The zero-order valence-electron chi connectivity index (χ0n) is 12.4. The van der Waals surface area contributed by atoms with Crippen LogP contribution < -0.4 is 11.3 Å². The Morgan fingerprint density at radius 3 is 2.45 bits per heavy atom. The molecule has 1 aliphatic rings. The predicted octanol–water partition coefficient (Wildman–Crippen LogP) is 2.23. The molecule has 3 N–H and O–H groups in total. The average molecular weight is 275 g/mol. The van der Waals surface area contributed by atoms with Gasteiger partial charge in [-0.05, 0) is 36.9 Å². The smallest absolute Gasteiger partial charge is 0.255 e. The second kappa shape index (κ2) is 6.37. The van der Waals surface area contributed by atoms with E-state index in [1.165, 1.54) is 6.42 Å². The minimum atomic E-state index is -0.275. The molecular formula is C16H25N3O. The molecule has 0 radical (unpaired) electrons. The topological polar surface area (TPSA) is 58.4 Å². The Morgan fingerprint density at radius 1 is 1.35 bits per heavy atom. The normalized spacial score (nSPS) is 20.4. The van der Waals surface area contributed by atoms with Crippen molar-refractivity contribution in [1.29, 1.82) is 0 Å². The summed E-state index contributed by atoms with van der Waals surface area (Å²) in [4.78, 5) is 14.4. The second-order valence-corrected chi connectivity index (χ2v) is 6.02. The summed E-state index contributed by atoms with van der Waals surface area (Å²) in [6.07, 6.45) is 3.45. The van der Waals surface area contributed by atoms with Crippen LogP contribution in [-0.4, -0.2) is 23.9 Å². The van der Waals surface area contributed by atoms with Crippen LogP contribution in [0, 0.1) is 5.41 Å². The van der Waals surface area contributed by atoms with Crippen molar-refractivity contribution in [3.05, 3.63) is 35.9 Å². The first-order valence-electron chi connectivity index (χ1n) is 7.39. The predicted molar refractivity (Wildman–Crippen MR) is 80.7 cm³/mol. The molecule has 20 heavy (non-hydrogen) atoms. The van der Waals surface area contributed by atoms with Gasteiger partial charge in [0.25, 0.3) is 5.91 Å². The number of nitrogens with zero attached hydrogens (tertiary/aromatic N) is 1. The van der Waals surface area contributed by atoms with E-state index in [0.717, 1.165) is 31.5 Å². The molecule has 1 aromatic carbocycles. The summed E-state index contributed by atoms with van der Waals surface area (Å²) in [5, 5.41) is 0. The van der Waals surface area contributed by atoms with E-state index in [2.05, 4.69) is 24.2 Å². The molecular weight excluding hydrogens is 250 g/mol. The van der Waals surface area contributed by atoms with Crippen molar-refractivity contribution in [2.75, 3.05) is 13.1 Å². The summed E-state index contributed by atoms with van der Waals surface area (Å²) in [6.45, 7) is 6.47. The Balaban J connectivity index is 2.16. The Labute approximate surface area is 121 Å². The van der Waals surface area contributed by atoms with Crippen LogP contribution in [0.25, 0.3) is 0 Å². The molecule has 1 aromatic rings. The fourth-order valence-corrected chi connectivity index (χ4v) is 2.92. The highest BCUT2D eigenvalue weighted by molar-refractivity contribution is 5.82. The molecule has 0 saturated carbocycles.